The van der Waals surface area contributed by atoms with Crippen molar-refractivity contribution >= 4 is 38.5 Å². The summed E-state index contributed by atoms with van der Waals surface area (Å²) in [5.41, 5.74) is 1.00. The lowest BCUT2D eigenvalue weighted by Crippen LogP contribution is -2.15. The maximum atomic E-state index is 12.7. The molecule has 0 radical (unpaired) electrons. The van der Waals surface area contributed by atoms with E-state index >= 15 is 0 Å². The first-order chi connectivity index (χ1) is 9.82. The fraction of sp³-hybridized carbons (Fsp3) is 0.231. The Kier molecular flexibility index (Phi) is 4.85. The SMILES string of the molecule is CC(Nc1ccccc1S(=O)(=O)C(F)F)c1csc(Cl)c1. The smallest absolute Gasteiger partial charge is 0.341 e. The van der Waals surface area contributed by atoms with E-state index < -0.39 is 20.5 Å². The summed E-state index contributed by atoms with van der Waals surface area (Å²) in [4.78, 5) is -0.409. The Balaban J connectivity index is 2.33. The minimum Gasteiger partial charge on any atom is -0.377 e. The highest BCUT2D eigenvalue weighted by Crippen LogP contribution is 2.31. The van der Waals surface area contributed by atoms with Gasteiger partial charge in [-0.3, -0.25) is 0 Å². The molecular weight excluding hydrogens is 340 g/mol. The van der Waals surface area contributed by atoms with Gasteiger partial charge in [0.05, 0.1) is 14.9 Å². The van der Waals surface area contributed by atoms with Crippen LogP contribution in [0.25, 0.3) is 0 Å². The van der Waals surface area contributed by atoms with Crippen LogP contribution in [0.15, 0.2) is 40.6 Å². The Labute approximate surface area is 130 Å². The highest BCUT2D eigenvalue weighted by molar-refractivity contribution is 7.91. The minimum absolute atomic E-state index is 0.146. The Bertz CT molecular complexity index is 731. The van der Waals surface area contributed by atoms with Gasteiger partial charge in [0.25, 0.3) is 0 Å². The van der Waals surface area contributed by atoms with Crippen molar-refractivity contribution in [3.05, 3.63) is 45.6 Å². The highest BCUT2D eigenvalue weighted by Gasteiger charge is 2.29. The monoisotopic (exact) mass is 351 g/mol. The molecular formula is C13H12ClF2NO2S2. The number of para-hydroxylation sites is 1. The molecule has 1 heterocycles. The van der Waals surface area contributed by atoms with Crippen LogP contribution >= 0.6 is 22.9 Å². The van der Waals surface area contributed by atoms with Gasteiger partial charge >= 0.3 is 5.76 Å². The maximum absolute atomic E-state index is 12.7. The van der Waals surface area contributed by atoms with E-state index in [4.69, 9.17) is 11.6 Å². The number of hydrogen-bond acceptors (Lipinski definition) is 4. The van der Waals surface area contributed by atoms with Gasteiger partial charge in [0.15, 0.2) is 0 Å². The summed E-state index contributed by atoms with van der Waals surface area (Å²) in [6, 6.07) is 7.10. The highest BCUT2D eigenvalue weighted by atomic mass is 35.5. The van der Waals surface area contributed by atoms with Gasteiger partial charge in [-0.25, -0.2) is 8.42 Å². The van der Waals surface area contributed by atoms with Crippen molar-refractivity contribution in [1.82, 2.24) is 0 Å². The van der Waals surface area contributed by atoms with Crippen molar-refractivity contribution in [1.29, 1.82) is 0 Å². The summed E-state index contributed by atoms with van der Waals surface area (Å²) < 4.78 is 49.4. The second-order valence-electron chi connectivity index (χ2n) is 4.35. The van der Waals surface area contributed by atoms with Gasteiger partial charge in [0.1, 0.15) is 0 Å². The zero-order valence-corrected chi connectivity index (χ0v) is 13.3. The predicted octanol–water partition coefficient (Wildman–Crippen LogP) is 4.57. The fourth-order valence-corrected chi connectivity index (χ4v) is 3.68. The van der Waals surface area contributed by atoms with E-state index in [2.05, 4.69) is 5.32 Å². The molecule has 0 amide bonds. The zero-order chi connectivity index (χ0) is 15.6. The average Bonchev–Trinajstić information content (AvgIpc) is 2.86. The van der Waals surface area contributed by atoms with Crippen LogP contribution in [0.3, 0.4) is 0 Å². The lowest BCUT2D eigenvalue weighted by Gasteiger charge is -2.17. The molecule has 1 N–H and O–H groups in total. The van der Waals surface area contributed by atoms with Crippen LogP contribution < -0.4 is 5.32 Å². The minimum atomic E-state index is -4.65. The zero-order valence-electron chi connectivity index (χ0n) is 10.9. The van der Waals surface area contributed by atoms with E-state index in [9.17, 15) is 17.2 Å². The van der Waals surface area contributed by atoms with Crippen LogP contribution in [-0.4, -0.2) is 14.2 Å². The number of rotatable bonds is 5. The number of anilines is 1. The van der Waals surface area contributed by atoms with Gasteiger partial charge in [-0.2, -0.15) is 8.78 Å². The first-order valence-electron chi connectivity index (χ1n) is 5.94. The number of benzene rings is 1. The molecule has 8 heteroatoms. The van der Waals surface area contributed by atoms with Crippen LogP contribution in [0.5, 0.6) is 0 Å². The van der Waals surface area contributed by atoms with Crippen molar-refractivity contribution in [2.24, 2.45) is 0 Å². The van der Waals surface area contributed by atoms with Gasteiger partial charge < -0.3 is 5.32 Å². The summed E-state index contributed by atoms with van der Waals surface area (Å²) in [7, 11) is -4.65. The van der Waals surface area contributed by atoms with Crippen molar-refractivity contribution < 1.29 is 17.2 Å². The van der Waals surface area contributed by atoms with E-state index in [0.717, 1.165) is 11.6 Å². The standard InChI is InChI=1S/C13H12ClF2NO2S2/c1-8(9-6-12(14)20-7-9)17-10-4-2-3-5-11(10)21(18,19)13(15)16/h2-8,13,17H,1H3. The fourth-order valence-electron chi connectivity index (χ4n) is 1.80. The summed E-state index contributed by atoms with van der Waals surface area (Å²) in [6.07, 6.45) is 0. The van der Waals surface area contributed by atoms with Gasteiger partial charge in [0.2, 0.25) is 9.84 Å². The number of nitrogens with one attached hydrogen (secondary N) is 1. The van der Waals surface area contributed by atoms with E-state index in [1.807, 2.05) is 5.38 Å². The Hall–Kier alpha value is -1.18. The number of sulfone groups is 1. The first-order valence-corrected chi connectivity index (χ1v) is 8.74. The normalized spacial score (nSPS) is 13.4. The third kappa shape index (κ3) is 3.53. The molecule has 1 aromatic carbocycles. The maximum Gasteiger partial charge on any atom is 0.341 e. The van der Waals surface area contributed by atoms with Crippen LogP contribution in [0.4, 0.5) is 14.5 Å². The Morgan fingerprint density at radius 1 is 1.29 bits per heavy atom. The van der Waals surface area contributed by atoms with Gasteiger partial charge in [-0.15, -0.1) is 11.3 Å². The lowest BCUT2D eigenvalue weighted by atomic mass is 10.1. The second-order valence-corrected chi connectivity index (χ2v) is 7.78. The topological polar surface area (TPSA) is 46.2 Å². The van der Waals surface area contributed by atoms with E-state index in [1.165, 1.54) is 23.5 Å². The Morgan fingerprint density at radius 3 is 2.52 bits per heavy atom. The molecule has 0 bridgehead atoms. The summed E-state index contributed by atoms with van der Waals surface area (Å²) >= 11 is 7.19. The quantitative estimate of drug-likeness (QED) is 0.858. The van der Waals surface area contributed by atoms with E-state index in [-0.39, 0.29) is 11.7 Å². The van der Waals surface area contributed by atoms with E-state index in [0.29, 0.717) is 4.34 Å². The molecule has 0 spiro atoms. The molecule has 0 fully saturated rings. The van der Waals surface area contributed by atoms with Crippen molar-refractivity contribution in [3.63, 3.8) is 0 Å². The number of halogens is 3. The molecule has 2 rings (SSSR count). The summed E-state index contributed by atoms with van der Waals surface area (Å²) in [6.45, 7) is 1.80. The molecule has 0 aliphatic carbocycles. The number of alkyl halides is 2. The molecule has 1 unspecified atom stereocenters. The number of hydrogen-bond donors (Lipinski definition) is 1. The summed E-state index contributed by atoms with van der Waals surface area (Å²) in [5, 5.41) is 4.76. The van der Waals surface area contributed by atoms with E-state index in [1.54, 1.807) is 19.1 Å². The van der Waals surface area contributed by atoms with Crippen LogP contribution in [0.1, 0.15) is 18.5 Å². The van der Waals surface area contributed by atoms with Crippen LogP contribution in [0.2, 0.25) is 4.34 Å². The van der Waals surface area contributed by atoms with Crippen LogP contribution in [0, 0.1) is 0 Å². The molecule has 1 aromatic heterocycles. The lowest BCUT2D eigenvalue weighted by molar-refractivity contribution is 0.235. The molecule has 3 nitrogen and oxygen atoms in total. The molecule has 0 aliphatic rings. The van der Waals surface area contributed by atoms with Crippen molar-refractivity contribution in [3.8, 4) is 0 Å². The molecule has 0 saturated heterocycles. The van der Waals surface area contributed by atoms with Crippen molar-refractivity contribution in [2.75, 3.05) is 5.32 Å². The summed E-state index contributed by atoms with van der Waals surface area (Å²) in [5.74, 6) is -3.45. The van der Waals surface area contributed by atoms with Gasteiger partial charge in [0, 0.05) is 6.04 Å². The predicted molar refractivity (Wildman–Crippen MR) is 81.0 cm³/mol. The van der Waals surface area contributed by atoms with Gasteiger partial charge in [-0.1, -0.05) is 23.7 Å². The molecule has 0 aliphatic heterocycles. The van der Waals surface area contributed by atoms with Crippen LogP contribution in [-0.2, 0) is 9.84 Å². The van der Waals surface area contributed by atoms with Crippen molar-refractivity contribution in [2.45, 2.75) is 23.6 Å². The molecule has 21 heavy (non-hydrogen) atoms. The van der Waals surface area contributed by atoms with Gasteiger partial charge in [-0.05, 0) is 36.1 Å². The molecule has 114 valence electrons. The largest absolute Gasteiger partial charge is 0.377 e. The molecule has 2 aromatic rings. The molecule has 0 saturated carbocycles. The first kappa shape index (κ1) is 16.2. The Morgan fingerprint density at radius 2 is 1.95 bits per heavy atom. The third-order valence-electron chi connectivity index (χ3n) is 2.89. The average molecular weight is 352 g/mol. The number of thiophene rings is 1. The molecule has 1 atom stereocenters. The third-order valence-corrected chi connectivity index (χ3v) is 5.44. The second kappa shape index (κ2) is 6.29.